The Labute approximate surface area is 249 Å². The van der Waals surface area contributed by atoms with Gasteiger partial charge in [-0.15, -0.1) is 0 Å². The minimum atomic E-state index is -0.675. The highest BCUT2D eigenvalue weighted by molar-refractivity contribution is 6.45. The fourth-order valence-electron chi connectivity index (χ4n) is 6.24. The third kappa shape index (κ3) is 5.33. The summed E-state index contributed by atoms with van der Waals surface area (Å²) in [4.78, 5) is 48.5. The molecule has 0 saturated carbocycles. The van der Waals surface area contributed by atoms with Crippen LogP contribution in [-0.2, 0) is 4.79 Å². The lowest BCUT2D eigenvalue weighted by atomic mass is 9.95. The minimum Gasteiger partial charge on any atom is -0.391 e. The van der Waals surface area contributed by atoms with E-state index in [0.29, 0.717) is 49.1 Å². The Kier molecular flexibility index (Phi) is 7.86. The van der Waals surface area contributed by atoms with E-state index in [4.69, 9.17) is 11.6 Å². The fourth-order valence-corrected chi connectivity index (χ4v) is 6.49. The molecule has 0 radical (unpaired) electrons. The second-order valence-corrected chi connectivity index (χ2v) is 11.6. The number of benzene rings is 3. The number of ketones is 1. The summed E-state index contributed by atoms with van der Waals surface area (Å²) in [6.07, 6.45) is 1.31. The van der Waals surface area contributed by atoms with Crippen LogP contribution >= 0.6 is 11.6 Å². The molecule has 6 rings (SSSR count). The monoisotopic (exact) mass is 584 g/mol. The second kappa shape index (κ2) is 11.7. The molecule has 4 aromatic rings. The van der Waals surface area contributed by atoms with Gasteiger partial charge in [0.25, 0.3) is 17.6 Å². The van der Waals surface area contributed by atoms with Gasteiger partial charge in [0.2, 0.25) is 0 Å². The van der Waals surface area contributed by atoms with Crippen molar-refractivity contribution in [1.82, 2.24) is 19.7 Å². The molecular weight excluding hydrogens is 552 g/mol. The van der Waals surface area contributed by atoms with Crippen LogP contribution in [0.3, 0.4) is 0 Å². The van der Waals surface area contributed by atoms with Gasteiger partial charge in [-0.3, -0.25) is 19.3 Å². The highest BCUT2D eigenvalue weighted by atomic mass is 35.5. The van der Waals surface area contributed by atoms with E-state index in [0.717, 1.165) is 0 Å². The number of halogens is 1. The lowest BCUT2D eigenvalue weighted by Crippen LogP contribution is -2.54. The number of aliphatic hydroxyl groups excluding tert-OH is 1. The van der Waals surface area contributed by atoms with Gasteiger partial charge in [-0.1, -0.05) is 72.3 Å². The highest BCUT2D eigenvalue weighted by Crippen LogP contribution is 2.33. The number of rotatable bonds is 6. The Hall–Kier alpha value is -3.98. The molecule has 2 aliphatic rings. The van der Waals surface area contributed by atoms with Crippen LogP contribution in [0.1, 0.15) is 51.2 Å². The van der Waals surface area contributed by atoms with Gasteiger partial charge in [-0.05, 0) is 36.6 Å². The topological polar surface area (TPSA) is 97.0 Å². The van der Waals surface area contributed by atoms with E-state index in [1.165, 1.54) is 22.2 Å². The van der Waals surface area contributed by atoms with Crippen LogP contribution in [-0.4, -0.2) is 87.3 Å². The van der Waals surface area contributed by atoms with Crippen molar-refractivity contribution >= 4 is 40.1 Å². The van der Waals surface area contributed by atoms with Gasteiger partial charge >= 0.3 is 0 Å². The van der Waals surface area contributed by atoms with Crippen LogP contribution in [0.25, 0.3) is 10.9 Å². The quantitative estimate of drug-likeness (QED) is 0.256. The summed E-state index contributed by atoms with van der Waals surface area (Å²) in [5.74, 6) is -1.55. The summed E-state index contributed by atoms with van der Waals surface area (Å²) >= 11 is 6.61. The molecule has 216 valence electrons. The number of hydrogen-bond acceptors (Lipinski definition) is 5. The molecule has 1 aromatic heterocycles. The Morgan fingerprint density at radius 1 is 0.905 bits per heavy atom. The van der Waals surface area contributed by atoms with Crippen molar-refractivity contribution < 1.29 is 19.5 Å². The lowest BCUT2D eigenvalue weighted by molar-refractivity contribution is -0.125. The fraction of sp³-hybridized carbons (Fsp3) is 0.303. The second-order valence-electron chi connectivity index (χ2n) is 11.2. The molecule has 0 bridgehead atoms. The number of H-pyrrole nitrogens is 1. The van der Waals surface area contributed by atoms with E-state index in [2.05, 4.69) is 58.4 Å². The molecule has 8 nitrogen and oxygen atoms in total. The van der Waals surface area contributed by atoms with E-state index >= 15 is 0 Å². The van der Waals surface area contributed by atoms with Crippen molar-refractivity contribution in [3.63, 3.8) is 0 Å². The van der Waals surface area contributed by atoms with Gasteiger partial charge in [0.15, 0.2) is 0 Å². The number of nitrogens with one attached hydrogen (secondary N) is 1. The van der Waals surface area contributed by atoms with E-state index in [1.807, 2.05) is 24.0 Å². The van der Waals surface area contributed by atoms with Crippen molar-refractivity contribution in [2.24, 2.45) is 0 Å². The smallest absolute Gasteiger partial charge is 0.295 e. The first-order chi connectivity index (χ1) is 20.3. The number of aliphatic hydroxyl groups is 1. The van der Waals surface area contributed by atoms with Crippen LogP contribution in [0.4, 0.5) is 0 Å². The third-order valence-corrected chi connectivity index (χ3v) is 8.72. The molecule has 42 heavy (non-hydrogen) atoms. The molecule has 0 spiro atoms. The van der Waals surface area contributed by atoms with Crippen LogP contribution < -0.4 is 0 Å². The molecule has 9 heteroatoms. The molecule has 3 aromatic carbocycles. The minimum absolute atomic E-state index is 0.0646. The van der Waals surface area contributed by atoms with Crippen LogP contribution in [0.2, 0.25) is 5.02 Å². The van der Waals surface area contributed by atoms with Crippen LogP contribution in [0, 0.1) is 0 Å². The number of Topliss-reactive ketones (excluding diaryl/α,β-unsaturated/α-hetero) is 1. The zero-order valence-corrected chi connectivity index (χ0v) is 24.1. The summed E-state index contributed by atoms with van der Waals surface area (Å²) in [6, 6.07) is 24.0. The number of fused-ring (bicyclic) bond motifs is 1. The standard InChI is InChI=1S/C33H33ClN4O4/c1-21-19-36(30(22-8-4-2-5-9-22)23-10-6-3-7-11-23)14-15-38(21)32(41)26-16-25-27(18-35-29(25)17-28(26)34)31(40)33(42)37-13-12-24(39)20-37/h2-11,16-18,21,24,30,35,39H,12-15,19-20H2,1H3/t21-,24-/m1/s1. The van der Waals surface area contributed by atoms with E-state index in [9.17, 15) is 19.5 Å². The molecule has 2 N–H and O–H groups in total. The van der Waals surface area contributed by atoms with E-state index in [-0.39, 0.29) is 35.1 Å². The normalized spacial score (nSPS) is 19.5. The number of nitrogens with zero attached hydrogens (tertiary/aromatic N) is 3. The molecule has 2 aliphatic heterocycles. The summed E-state index contributed by atoms with van der Waals surface area (Å²) in [6.45, 7) is 4.38. The molecule has 2 amide bonds. The number of aromatic nitrogens is 1. The zero-order valence-electron chi connectivity index (χ0n) is 23.4. The van der Waals surface area contributed by atoms with Crippen molar-refractivity contribution in [3.8, 4) is 0 Å². The van der Waals surface area contributed by atoms with Gasteiger partial charge in [-0.25, -0.2) is 0 Å². The van der Waals surface area contributed by atoms with Crippen molar-refractivity contribution in [3.05, 3.63) is 106 Å². The summed E-state index contributed by atoms with van der Waals surface area (Å²) in [7, 11) is 0. The molecule has 3 heterocycles. The number of amides is 2. The SMILES string of the molecule is C[C@@H]1CN(C(c2ccccc2)c2ccccc2)CCN1C(=O)c1cc2c(C(=O)C(=O)N3CC[C@@H](O)C3)c[nH]c2cc1Cl. The molecule has 0 unspecified atom stereocenters. The number of carbonyl (C=O) groups is 3. The molecule has 2 fully saturated rings. The summed E-state index contributed by atoms with van der Waals surface area (Å²) in [5.41, 5.74) is 3.46. The number of β-amino-alcohol motifs (C(OH)–C–C–N with tert-alkyl or cyclic N) is 1. The van der Waals surface area contributed by atoms with Gasteiger partial charge in [0.1, 0.15) is 0 Å². The predicted molar refractivity (Wildman–Crippen MR) is 162 cm³/mol. The average molecular weight is 585 g/mol. The first-order valence-corrected chi connectivity index (χ1v) is 14.7. The van der Waals surface area contributed by atoms with Crippen molar-refractivity contribution in [2.75, 3.05) is 32.7 Å². The maximum absolute atomic E-state index is 13.9. The summed E-state index contributed by atoms with van der Waals surface area (Å²) < 4.78 is 0. The number of carbonyl (C=O) groups excluding carboxylic acids is 3. The molecule has 0 aliphatic carbocycles. The Morgan fingerprint density at radius 3 is 2.17 bits per heavy atom. The van der Waals surface area contributed by atoms with Gasteiger partial charge in [-0.2, -0.15) is 0 Å². The number of hydrogen-bond donors (Lipinski definition) is 2. The maximum Gasteiger partial charge on any atom is 0.295 e. The Bertz CT molecular complexity index is 1580. The van der Waals surface area contributed by atoms with Crippen LogP contribution in [0.15, 0.2) is 79.0 Å². The molecular formula is C33H33ClN4O4. The van der Waals surface area contributed by atoms with E-state index in [1.54, 1.807) is 12.1 Å². The zero-order chi connectivity index (χ0) is 29.4. The Morgan fingerprint density at radius 2 is 1.57 bits per heavy atom. The van der Waals surface area contributed by atoms with Crippen molar-refractivity contribution in [2.45, 2.75) is 31.5 Å². The van der Waals surface area contributed by atoms with Gasteiger partial charge in [0.05, 0.1) is 28.3 Å². The number of piperazine rings is 1. The van der Waals surface area contributed by atoms with Crippen molar-refractivity contribution in [1.29, 1.82) is 0 Å². The maximum atomic E-state index is 13.9. The largest absolute Gasteiger partial charge is 0.391 e. The first kappa shape index (κ1) is 28.2. The summed E-state index contributed by atoms with van der Waals surface area (Å²) in [5, 5.41) is 10.6. The van der Waals surface area contributed by atoms with Gasteiger partial charge in [0, 0.05) is 55.9 Å². The first-order valence-electron chi connectivity index (χ1n) is 14.3. The molecule has 2 atom stereocenters. The van der Waals surface area contributed by atoms with Crippen LogP contribution in [0.5, 0.6) is 0 Å². The van der Waals surface area contributed by atoms with E-state index < -0.39 is 17.8 Å². The number of likely N-dealkylation sites (tertiary alicyclic amines) is 1. The van der Waals surface area contributed by atoms with Gasteiger partial charge < -0.3 is 19.9 Å². The average Bonchev–Trinajstić information content (AvgIpc) is 3.63. The highest BCUT2D eigenvalue weighted by Gasteiger charge is 2.35. The predicted octanol–water partition coefficient (Wildman–Crippen LogP) is 4.53. The number of aromatic amines is 1. The Balaban J connectivity index is 1.24. The third-order valence-electron chi connectivity index (χ3n) is 8.40. The lowest BCUT2D eigenvalue weighted by Gasteiger charge is -2.43. The molecule has 2 saturated heterocycles.